The van der Waals surface area contributed by atoms with Gasteiger partial charge in [0.2, 0.25) is 5.91 Å². The first-order valence-corrected chi connectivity index (χ1v) is 4.67. The molecule has 1 amide bonds. The maximum Gasteiger partial charge on any atom is 0.221 e. The molecule has 0 saturated heterocycles. The van der Waals surface area contributed by atoms with Gasteiger partial charge in [-0.1, -0.05) is 0 Å². The van der Waals surface area contributed by atoms with Crippen LogP contribution in [0.3, 0.4) is 0 Å². The molecule has 0 aliphatic carbocycles. The molecule has 0 aromatic heterocycles. The second-order valence-corrected chi connectivity index (χ2v) is 2.94. The summed E-state index contributed by atoms with van der Waals surface area (Å²) >= 11 is 0. The zero-order valence-corrected chi connectivity index (χ0v) is 9.13. The van der Waals surface area contributed by atoms with Gasteiger partial charge < -0.3 is 20.1 Å². The summed E-state index contributed by atoms with van der Waals surface area (Å²) < 4.78 is 10.1. The lowest BCUT2D eigenvalue weighted by Gasteiger charge is -2.14. The van der Waals surface area contributed by atoms with Gasteiger partial charge in [-0.15, -0.1) is 0 Å². The summed E-state index contributed by atoms with van der Waals surface area (Å²) in [6.45, 7) is 1.91. The van der Waals surface area contributed by atoms with E-state index in [9.17, 15) is 4.79 Å². The molecule has 1 unspecified atom stereocenters. The lowest BCUT2D eigenvalue weighted by atomic mass is 10.3. The first-order chi connectivity index (χ1) is 6.74. The standard InChI is InChI=1S/C9H20N2O3/c1-10-9(12)4-5-11-6-8(14-3)7-13-2/h8,11H,4-7H2,1-3H3,(H,10,12). The minimum atomic E-state index is 0.0400. The second kappa shape index (κ2) is 8.93. The molecule has 0 spiro atoms. The molecular formula is C9H20N2O3. The van der Waals surface area contributed by atoms with E-state index >= 15 is 0 Å². The zero-order chi connectivity index (χ0) is 10.8. The van der Waals surface area contributed by atoms with Crippen LogP contribution in [0.15, 0.2) is 0 Å². The second-order valence-electron chi connectivity index (χ2n) is 2.94. The van der Waals surface area contributed by atoms with Crippen LogP contribution >= 0.6 is 0 Å². The summed E-state index contributed by atoms with van der Waals surface area (Å²) in [6, 6.07) is 0. The fraction of sp³-hybridized carbons (Fsp3) is 0.889. The van der Waals surface area contributed by atoms with E-state index in [0.717, 1.165) is 0 Å². The molecule has 0 aliphatic heterocycles. The molecule has 5 nitrogen and oxygen atoms in total. The number of ether oxygens (including phenoxy) is 2. The van der Waals surface area contributed by atoms with Crippen molar-refractivity contribution < 1.29 is 14.3 Å². The maximum absolute atomic E-state index is 10.8. The third kappa shape index (κ3) is 6.82. The average Bonchev–Trinajstić information content (AvgIpc) is 2.22. The van der Waals surface area contributed by atoms with Crippen molar-refractivity contribution in [3.8, 4) is 0 Å². The van der Waals surface area contributed by atoms with Crippen molar-refractivity contribution in [3.05, 3.63) is 0 Å². The highest BCUT2D eigenvalue weighted by molar-refractivity contribution is 5.75. The Morgan fingerprint density at radius 2 is 2.14 bits per heavy atom. The van der Waals surface area contributed by atoms with E-state index < -0.39 is 0 Å². The van der Waals surface area contributed by atoms with Crippen LogP contribution < -0.4 is 10.6 Å². The van der Waals surface area contributed by atoms with Gasteiger partial charge in [0.1, 0.15) is 0 Å². The summed E-state index contributed by atoms with van der Waals surface area (Å²) in [6.07, 6.45) is 0.532. The fourth-order valence-electron chi connectivity index (χ4n) is 0.986. The van der Waals surface area contributed by atoms with Gasteiger partial charge in [0.25, 0.3) is 0 Å². The van der Waals surface area contributed by atoms with Crippen LogP contribution in [-0.4, -0.2) is 53.0 Å². The van der Waals surface area contributed by atoms with E-state index in [4.69, 9.17) is 9.47 Å². The molecule has 0 heterocycles. The summed E-state index contributed by atoms with van der Waals surface area (Å²) in [7, 11) is 4.91. The quantitative estimate of drug-likeness (QED) is 0.517. The van der Waals surface area contributed by atoms with Gasteiger partial charge in [0.15, 0.2) is 0 Å². The minimum absolute atomic E-state index is 0.0400. The number of nitrogens with one attached hydrogen (secondary N) is 2. The SMILES string of the molecule is CNC(=O)CCNCC(COC)OC. The van der Waals surface area contributed by atoms with Gasteiger partial charge in [-0.05, 0) is 0 Å². The van der Waals surface area contributed by atoms with Crippen LogP contribution in [0.1, 0.15) is 6.42 Å². The molecule has 14 heavy (non-hydrogen) atoms. The lowest BCUT2D eigenvalue weighted by Crippen LogP contribution is -2.34. The third-order valence-electron chi connectivity index (χ3n) is 1.87. The highest BCUT2D eigenvalue weighted by Crippen LogP contribution is 1.88. The minimum Gasteiger partial charge on any atom is -0.382 e. The first-order valence-electron chi connectivity index (χ1n) is 4.67. The zero-order valence-electron chi connectivity index (χ0n) is 9.13. The number of carbonyl (C=O) groups is 1. The van der Waals surface area contributed by atoms with E-state index in [1.165, 1.54) is 0 Å². The molecule has 5 heteroatoms. The van der Waals surface area contributed by atoms with E-state index in [-0.39, 0.29) is 12.0 Å². The molecule has 0 saturated carbocycles. The largest absolute Gasteiger partial charge is 0.382 e. The number of amides is 1. The lowest BCUT2D eigenvalue weighted by molar-refractivity contribution is -0.120. The molecule has 1 atom stereocenters. The van der Waals surface area contributed by atoms with E-state index in [1.807, 2.05) is 0 Å². The summed E-state index contributed by atoms with van der Waals surface area (Å²) in [5.74, 6) is 0.0400. The fourth-order valence-corrected chi connectivity index (χ4v) is 0.986. The van der Waals surface area contributed by atoms with Gasteiger partial charge in [-0.3, -0.25) is 4.79 Å². The van der Waals surface area contributed by atoms with Crippen LogP contribution in [0.4, 0.5) is 0 Å². The number of carbonyl (C=O) groups excluding carboxylic acids is 1. The normalized spacial score (nSPS) is 12.5. The highest BCUT2D eigenvalue weighted by Gasteiger charge is 2.05. The summed E-state index contributed by atoms with van der Waals surface area (Å²) in [5, 5.41) is 5.68. The predicted octanol–water partition coefficient (Wildman–Crippen LogP) is -0.626. The van der Waals surface area contributed by atoms with Crippen molar-refractivity contribution in [3.63, 3.8) is 0 Å². The Balaban J connectivity index is 3.37. The molecule has 0 aliphatic rings. The van der Waals surface area contributed by atoms with Crippen molar-refractivity contribution in [2.45, 2.75) is 12.5 Å². The first kappa shape index (κ1) is 13.4. The Bertz CT molecular complexity index is 153. The number of hydrogen-bond donors (Lipinski definition) is 2. The van der Waals surface area contributed by atoms with E-state index in [2.05, 4.69) is 10.6 Å². The van der Waals surface area contributed by atoms with Crippen molar-refractivity contribution in [2.24, 2.45) is 0 Å². The molecule has 84 valence electrons. The Kier molecular flexibility index (Phi) is 8.51. The van der Waals surface area contributed by atoms with Crippen LogP contribution in [0.25, 0.3) is 0 Å². The van der Waals surface area contributed by atoms with E-state index in [1.54, 1.807) is 21.3 Å². The van der Waals surface area contributed by atoms with Crippen molar-refractivity contribution >= 4 is 5.91 Å². The van der Waals surface area contributed by atoms with Gasteiger partial charge in [-0.25, -0.2) is 0 Å². The third-order valence-corrected chi connectivity index (χ3v) is 1.87. The molecule has 0 aromatic carbocycles. The molecular weight excluding hydrogens is 184 g/mol. The van der Waals surface area contributed by atoms with Gasteiger partial charge in [0.05, 0.1) is 12.7 Å². The molecule has 0 bridgehead atoms. The highest BCUT2D eigenvalue weighted by atomic mass is 16.5. The Hall–Kier alpha value is -0.650. The molecule has 0 fully saturated rings. The van der Waals surface area contributed by atoms with Crippen LogP contribution in [0.2, 0.25) is 0 Å². The Labute approximate surface area is 85.1 Å². The van der Waals surface area contributed by atoms with Crippen molar-refractivity contribution in [1.82, 2.24) is 10.6 Å². The van der Waals surface area contributed by atoms with E-state index in [0.29, 0.717) is 26.1 Å². The van der Waals surface area contributed by atoms with Gasteiger partial charge >= 0.3 is 0 Å². The monoisotopic (exact) mass is 204 g/mol. The summed E-state index contributed by atoms with van der Waals surface area (Å²) in [4.78, 5) is 10.8. The van der Waals surface area contributed by atoms with Gasteiger partial charge in [-0.2, -0.15) is 0 Å². The van der Waals surface area contributed by atoms with Gasteiger partial charge in [0, 0.05) is 40.8 Å². The Morgan fingerprint density at radius 3 is 2.64 bits per heavy atom. The molecule has 0 rings (SSSR count). The Morgan fingerprint density at radius 1 is 1.43 bits per heavy atom. The molecule has 0 aromatic rings. The summed E-state index contributed by atoms with van der Waals surface area (Å²) in [5.41, 5.74) is 0. The molecule has 2 N–H and O–H groups in total. The van der Waals surface area contributed by atoms with Crippen LogP contribution in [0, 0.1) is 0 Å². The van der Waals surface area contributed by atoms with Crippen LogP contribution in [0.5, 0.6) is 0 Å². The number of methoxy groups -OCH3 is 2. The van der Waals surface area contributed by atoms with Crippen LogP contribution in [-0.2, 0) is 14.3 Å². The molecule has 0 radical (unpaired) electrons. The topological polar surface area (TPSA) is 59.6 Å². The maximum atomic E-state index is 10.8. The number of hydrogen-bond acceptors (Lipinski definition) is 4. The predicted molar refractivity (Wildman–Crippen MR) is 54.2 cm³/mol. The smallest absolute Gasteiger partial charge is 0.221 e. The average molecular weight is 204 g/mol. The van der Waals surface area contributed by atoms with Crippen molar-refractivity contribution in [2.75, 3.05) is 41.0 Å². The number of rotatable bonds is 8. The van der Waals surface area contributed by atoms with Crippen molar-refractivity contribution in [1.29, 1.82) is 0 Å².